The summed E-state index contributed by atoms with van der Waals surface area (Å²) in [5, 5.41) is 9.20. The summed E-state index contributed by atoms with van der Waals surface area (Å²) in [4.78, 5) is 23.7. The maximum Gasteiger partial charge on any atom is 0.339 e. The van der Waals surface area contributed by atoms with Gasteiger partial charge < -0.3 is 14.6 Å². The SMILES string of the molecule is O=C(OC1CC2CC(C(=O)O)C1O2)c1cc(I)cc(I)c1I. The van der Waals surface area contributed by atoms with Crippen molar-refractivity contribution in [2.75, 3.05) is 0 Å². The lowest BCUT2D eigenvalue weighted by Crippen LogP contribution is -2.38. The number of esters is 1. The molecule has 2 aliphatic heterocycles. The fourth-order valence-electron chi connectivity index (χ4n) is 2.94. The Labute approximate surface area is 167 Å². The van der Waals surface area contributed by atoms with Crippen LogP contribution in [0.1, 0.15) is 23.2 Å². The number of carboxylic acids is 1. The third-order valence-electron chi connectivity index (χ3n) is 3.91. The van der Waals surface area contributed by atoms with E-state index in [1.807, 2.05) is 6.07 Å². The van der Waals surface area contributed by atoms with Gasteiger partial charge in [0.2, 0.25) is 0 Å². The first-order valence-corrected chi connectivity index (χ1v) is 9.84. The van der Waals surface area contributed by atoms with Crippen molar-refractivity contribution in [3.63, 3.8) is 0 Å². The molecule has 2 heterocycles. The van der Waals surface area contributed by atoms with E-state index in [0.717, 1.165) is 10.7 Å². The Balaban J connectivity index is 1.77. The van der Waals surface area contributed by atoms with Crippen LogP contribution in [0.2, 0.25) is 0 Å². The molecule has 0 aliphatic carbocycles. The summed E-state index contributed by atoms with van der Waals surface area (Å²) in [5.41, 5.74) is 0.520. The second kappa shape index (κ2) is 6.67. The zero-order valence-electron chi connectivity index (χ0n) is 11.1. The molecule has 2 bridgehead atoms. The van der Waals surface area contributed by atoms with Gasteiger partial charge in [-0.1, -0.05) is 0 Å². The summed E-state index contributed by atoms with van der Waals surface area (Å²) in [6, 6.07) is 3.77. The van der Waals surface area contributed by atoms with E-state index in [1.54, 1.807) is 6.07 Å². The summed E-state index contributed by atoms with van der Waals surface area (Å²) in [6.45, 7) is 0. The second-order valence-electron chi connectivity index (χ2n) is 5.33. The summed E-state index contributed by atoms with van der Waals surface area (Å²) >= 11 is 6.46. The summed E-state index contributed by atoms with van der Waals surface area (Å²) in [5.74, 6) is -1.87. The monoisotopic (exact) mass is 640 g/mol. The molecular weight excluding hydrogens is 629 g/mol. The fraction of sp³-hybridized carbons (Fsp3) is 0.429. The maximum absolute atomic E-state index is 12.4. The number of hydrogen-bond donors (Lipinski definition) is 1. The molecule has 118 valence electrons. The highest BCUT2D eigenvalue weighted by atomic mass is 127. The molecule has 4 atom stereocenters. The van der Waals surface area contributed by atoms with Crippen molar-refractivity contribution in [2.45, 2.75) is 31.2 Å². The number of rotatable bonds is 3. The minimum Gasteiger partial charge on any atom is -0.481 e. The molecule has 0 radical (unpaired) electrons. The highest BCUT2D eigenvalue weighted by Crippen LogP contribution is 2.41. The largest absolute Gasteiger partial charge is 0.481 e. The molecule has 0 amide bonds. The number of carboxylic acid groups (broad SMARTS) is 1. The van der Waals surface area contributed by atoms with Gasteiger partial charge in [-0.25, -0.2) is 4.79 Å². The normalized spacial score (nSPS) is 29.6. The summed E-state index contributed by atoms with van der Waals surface area (Å²) in [7, 11) is 0. The molecule has 1 aromatic rings. The number of carbonyl (C=O) groups excluding carboxylic acids is 1. The Kier molecular flexibility index (Phi) is 5.20. The molecule has 0 spiro atoms. The number of fused-ring (bicyclic) bond motifs is 2. The standard InChI is InChI=1S/C14H11I3O5/c15-5-1-7(11(17)9(16)2-5)14(20)22-10-4-6-3-8(13(18)19)12(10)21-6/h1-2,6,8,10,12H,3-4H2,(H,18,19). The number of benzene rings is 1. The average Bonchev–Trinajstić information content (AvgIpc) is 3.02. The number of halogens is 3. The van der Waals surface area contributed by atoms with Crippen LogP contribution < -0.4 is 0 Å². The van der Waals surface area contributed by atoms with E-state index < -0.39 is 30.1 Å². The van der Waals surface area contributed by atoms with Gasteiger partial charge in [-0.05, 0) is 86.3 Å². The lowest BCUT2D eigenvalue weighted by Gasteiger charge is -2.24. The van der Waals surface area contributed by atoms with Crippen LogP contribution in [0.15, 0.2) is 12.1 Å². The van der Waals surface area contributed by atoms with Crippen molar-refractivity contribution in [3.05, 3.63) is 28.4 Å². The topological polar surface area (TPSA) is 72.8 Å². The quantitative estimate of drug-likeness (QED) is 0.312. The molecule has 4 unspecified atom stereocenters. The maximum atomic E-state index is 12.4. The van der Waals surface area contributed by atoms with E-state index in [9.17, 15) is 14.7 Å². The molecule has 2 fully saturated rings. The minimum atomic E-state index is -0.883. The van der Waals surface area contributed by atoms with E-state index in [-0.39, 0.29) is 6.10 Å². The van der Waals surface area contributed by atoms with Gasteiger partial charge in [0.25, 0.3) is 0 Å². The molecule has 1 N–H and O–H groups in total. The Bertz CT molecular complexity index is 648. The van der Waals surface area contributed by atoms with Crippen LogP contribution in [0, 0.1) is 16.6 Å². The lowest BCUT2D eigenvalue weighted by atomic mass is 9.87. The molecule has 3 rings (SSSR count). The van der Waals surface area contributed by atoms with Gasteiger partial charge >= 0.3 is 11.9 Å². The predicted molar refractivity (Wildman–Crippen MR) is 103 cm³/mol. The molecule has 22 heavy (non-hydrogen) atoms. The zero-order chi connectivity index (χ0) is 16.0. The van der Waals surface area contributed by atoms with Crippen LogP contribution in [-0.2, 0) is 14.3 Å². The van der Waals surface area contributed by atoms with Crippen molar-refractivity contribution in [3.8, 4) is 0 Å². The van der Waals surface area contributed by atoms with Gasteiger partial charge in [-0.3, -0.25) is 4.79 Å². The molecule has 0 aromatic heterocycles. The van der Waals surface area contributed by atoms with Gasteiger partial charge in [0, 0.05) is 17.1 Å². The zero-order valence-corrected chi connectivity index (χ0v) is 17.6. The summed E-state index contributed by atoms with van der Waals surface area (Å²) in [6.07, 6.45) is -0.0199. The van der Waals surface area contributed by atoms with Crippen molar-refractivity contribution in [1.29, 1.82) is 0 Å². The van der Waals surface area contributed by atoms with Crippen LogP contribution in [0.4, 0.5) is 0 Å². The molecule has 8 heteroatoms. The highest BCUT2D eigenvalue weighted by Gasteiger charge is 2.52. The molecule has 2 aliphatic rings. The number of carbonyl (C=O) groups is 2. The average molecular weight is 640 g/mol. The van der Waals surface area contributed by atoms with Crippen LogP contribution in [0.25, 0.3) is 0 Å². The highest BCUT2D eigenvalue weighted by molar-refractivity contribution is 14.1. The fourth-order valence-corrected chi connectivity index (χ4v) is 5.32. The van der Waals surface area contributed by atoms with Gasteiger partial charge in [-0.15, -0.1) is 0 Å². The van der Waals surface area contributed by atoms with Gasteiger partial charge in [0.05, 0.1) is 17.6 Å². The van der Waals surface area contributed by atoms with E-state index in [2.05, 4.69) is 67.8 Å². The number of aliphatic carboxylic acids is 1. The van der Waals surface area contributed by atoms with Crippen LogP contribution in [0.3, 0.4) is 0 Å². The van der Waals surface area contributed by atoms with Crippen molar-refractivity contribution >= 4 is 79.7 Å². The first-order chi connectivity index (χ1) is 10.4. The van der Waals surface area contributed by atoms with Crippen LogP contribution in [0.5, 0.6) is 0 Å². The van der Waals surface area contributed by atoms with Crippen molar-refractivity contribution in [1.82, 2.24) is 0 Å². The first kappa shape index (κ1) is 17.1. The van der Waals surface area contributed by atoms with Crippen LogP contribution >= 0.6 is 67.8 Å². The smallest absolute Gasteiger partial charge is 0.339 e. The third-order valence-corrected chi connectivity index (χ3v) is 7.58. The number of hydrogen-bond acceptors (Lipinski definition) is 4. The Hall–Kier alpha value is 0.310. The van der Waals surface area contributed by atoms with Crippen molar-refractivity contribution < 1.29 is 24.2 Å². The van der Waals surface area contributed by atoms with E-state index in [0.29, 0.717) is 18.4 Å². The van der Waals surface area contributed by atoms with E-state index >= 15 is 0 Å². The Morgan fingerprint density at radius 3 is 2.59 bits per heavy atom. The lowest BCUT2D eigenvalue weighted by molar-refractivity contribution is -0.145. The molecule has 1 aromatic carbocycles. The Morgan fingerprint density at radius 2 is 1.95 bits per heavy atom. The number of ether oxygens (including phenoxy) is 2. The molecule has 0 saturated carbocycles. The minimum absolute atomic E-state index is 0.112. The van der Waals surface area contributed by atoms with E-state index in [4.69, 9.17) is 9.47 Å². The predicted octanol–water partition coefficient (Wildman–Crippen LogP) is 3.29. The third kappa shape index (κ3) is 3.24. The molecule has 2 saturated heterocycles. The van der Waals surface area contributed by atoms with Crippen molar-refractivity contribution in [2.24, 2.45) is 5.92 Å². The van der Waals surface area contributed by atoms with E-state index in [1.165, 1.54) is 0 Å². The van der Waals surface area contributed by atoms with Gasteiger partial charge in [0.1, 0.15) is 12.2 Å². The second-order valence-corrected chi connectivity index (χ2v) is 8.82. The van der Waals surface area contributed by atoms with Gasteiger partial charge in [-0.2, -0.15) is 0 Å². The molecule has 5 nitrogen and oxygen atoms in total. The Morgan fingerprint density at radius 1 is 1.23 bits per heavy atom. The summed E-state index contributed by atoms with van der Waals surface area (Å²) < 4.78 is 14.0. The first-order valence-electron chi connectivity index (χ1n) is 6.60. The van der Waals surface area contributed by atoms with Crippen LogP contribution in [-0.4, -0.2) is 35.4 Å². The molecular formula is C14H11I3O5. The van der Waals surface area contributed by atoms with Gasteiger partial charge in [0.15, 0.2) is 0 Å².